The number of nitrogens with one attached hydrogen (secondary N) is 1. The fraction of sp³-hybridized carbons (Fsp3) is 0.308. The first-order valence-corrected chi connectivity index (χ1v) is 7.26. The van der Waals surface area contributed by atoms with Gasteiger partial charge in [-0.3, -0.25) is 10.2 Å². The molecule has 1 heterocycles. The summed E-state index contributed by atoms with van der Waals surface area (Å²) < 4.78 is 1.99. The van der Waals surface area contributed by atoms with Crippen molar-refractivity contribution in [3.05, 3.63) is 29.8 Å². The first-order valence-electron chi connectivity index (χ1n) is 6.28. The molecule has 0 aliphatic rings. The van der Waals surface area contributed by atoms with E-state index in [1.165, 1.54) is 17.3 Å². The second kappa shape index (κ2) is 6.53. The number of rotatable bonds is 5. The number of hydrogen-bond acceptors (Lipinski definition) is 5. The number of nitrogens with zero attached hydrogens (tertiary/aromatic N) is 3. The smallest absolute Gasteiger partial charge is 0.244 e. The molecule has 1 amide bonds. The third-order valence-electron chi connectivity index (χ3n) is 2.80. The maximum absolute atomic E-state index is 11.2. The third-order valence-corrected chi connectivity index (χ3v) is 3.77. The maximum Gasteiger partial charge on any atom is 0.244 e. The highest BCUT2D eigenvalue weighted by atomic mass is 32.2. The van der Waals surface area contributed by atoms with Gasteiger partial charge in [0.05, 0.1) is 5.75 Å². The van der Waals surface area contributed by atoms with E-state index in [4.69, 9.17) is 5.84 Å². The SMILES string of the molecule is CCn1c(SCC(=O)NN)nnc1-c1cccc(C)c1. The van der Waals surface area contributed by atoms with Crippen molar-refractivity contribution in [2.45, 2.75) is 25.5 Å². The van der Waals surface area contributed by atoms with Crippen LogP contribution in [0.15, 0.2) is 29.4 Å². The highest BCUT2D eigenvalue weighted by Crippen LogP contribution is 2.24. The molecule has 0 spiro atoms. The number of nitrogens with two attached hydrogens (primary N) is 1. The predicted molar refractivity (Wildman–Crippen MR) is 78.9 cm³/mol. The molecule has 0 atom stereocenters. The van der Waals surface area contributed by atoms with Crippen molar-refractivity contribution in [1.29, 1.82) is 0 Å². The van der Waals surface area contributed by atoms with Crippen molar-refractivity contribution >= 4 is 17.7 Å². The first-order chi connectivity index (χ1) is 9.65. The average Bonchev–Trinajstić information content (AvgIpc) is 2.87. The average molecular weight is 291 g/mol. The Morgan fingerprint density at radius 3 is 2.90 bits per heavy atom. The largest absolute Gasteiger partial charge is 0.302 e. The van der Waals surface area contributed by atoms with Crippen LogP contribution in [0.1, 0.15) is 12.5 Å². The fourth-order valence-electron chi connectivity index (χ4n) is 1.85. The molecule has 106 valence electrons. The second-order valence-corrected chi connectivity index (χ2v) is 5.22. The van der Waals surface area contributed by atoms with Gasteiger partial charge in [-0.05, 0) is 19.9 Å². The summed E-state index contributed by atoms with van der Waals surface area (Å²) in [6.45, 7) is 4.80. The second-order valence-electron chi connectivity index (χ2n) is 4.28. The van der Waals surface area contributed by atoms with Gasteiger partial charge in [0.1, 0.15) is 0 Å². The van der Waals surface area contributed by atoms with Gasteiger partial charge >= 0.3 is 0 Å². The van der Waals surface area contributed by atoms with Gasteiger partial charge in [0.15, 0.2) is 11.0 Å². The van der Waals surface area contributed by atoms with E-state index >= 15 is 0 Å². The molecule has 1 aromatic carbocycles. The Kier molecular flexibility index (Phi) is 4.75. The van der Waals surface area contributed by atoms with Crippen LogP contribution in [0.5, 0.6) is 0 Å². The molecule has 0 aliphatic heterocycles. The van der Waals surface area contributed by atoms with Gasteiger partial charge < -0.3 is 4.57 Å². The predicted octanol–water partition coefficient (Wildman–Crippen LogP) is 1.36. The Bertz CT molecular complexity index is 611. The van der Waals surface area contributed by atoms with E-state index in [0.717, 1.165) is 17.9 Å². The summed E-state index contributed by atoms with van der Waals surface area (Å²) in [4.78, 5) is 11.2. The van der Waals surface area contributed by atoms with E-state index in [1.807, 2.05) is 36.6 Å². The summed E-state index contributed by atoms with van der Waals surface area (Å²) in [5, 5.41) is 9.10. The van der Waals surface area contributed by atoms with Crippen LogP contribution < -0.4 is 11.3 Å². The van der Waals surface area contributed by atoms with E-state index in [0.29, 0.717) is 5.16 Å². The summed E-state index contributed by atoms with van der Waals surface area (Å²) >= 11 is 1.32. The van der Waals surface area contributed by atoms with Crippen LogP contribution >= 0.6 is 11.8 Å². The van der Waals surface area contributed by atoms with E-state index in [1.54, 1.807) is 0 Å². The minimum Gasteiger partial charge on any atom is -0.302 e. The summed E-state index contributed by atoms with van der Waals surface area (Å²) in [6, 6.07) is 8.10. The van der Waals surface area contributed by atoms with Crippen molar-refractivity contribution in [3.63, 3.8) is 0 Å². The topological polar surface area (TPSA) is 85.8 Å². The summed E-state index contributed by atoms with van der Waals surface area (Å²) in [7, 11) is 0. The lowest BCUT2D eigenvalue weighted by atomic mass is 10.1. The van der Waals surface area contributed by atoms with Gasteiger partial charge in [0.25, 0.3) is 0 Å². The quantitative estimate of drug-likeness (QED) is 0.376. The van der Waals surface area contributed by atoms with Crippen molar-refractivity contribution in [2.75, 3.05) is 5.75 Å². The Labute approximate surface area is 121 Å². The monoisotopic (exact) mass is 291 g/mol. The van der Waals surface area contributed by atoms with Crippen LogP contribution in [0.4, 0.5) is 0 Å². The lowest BCUT2D eigenvalue weighted by Crippen LogP contribution is -2.31. The Morgan fingerprint density at radius 1 is 1.45 bits per heavy atom. The molecule has 0 fully saturated rings. The van der Waals surface area contributed by atoms with Crippen LogP contribution in [0.25, 0.3) is 11.4 Å². The summed E-state index contributed by atoms with van der Waals surface area (Å²) in [5.74, 6) is 5.86. The highest BCUT2D eigenvalue weighted by Gasteiger charge is 2.14. The number of carbonyl (C=O) groups excluding carboxylic acids is 1. The number of aromatic nitrogens is 3. The molecule has 7 heteroatoms. The molecule has 3 N–H and O–H groups in total. The molecule has 0 unspecified atom stereocenters. The van der Waals surface area contributed by atoms with E-state index < -0.39 is 0 Å². The standard InChI is InChI=1S/C13H17N5OS/c1-3-18-12(10-6-4-5-9(2)7-10)16-17-13(18)20-8-11(19)15-14/h4-7H,3,8,14H2,1-2H3,(H,15,19). The van der Waals surface area contributed by atoms with Gasteiger partial charge in [0, 0.05) is 12.1 Å². The molecule has 2 rings (SSSR count). The number of hydrogen-bond donors (Lipinski definition) is 2. The number of thioether (sulfide) groups is 1. The van der Waals surface area contributed by atoms with Crippen molar-refractivity contribution in [2.24, 2.45) is 5.84 Å². The Balaban J connectivity index is 2.27. The van der Waals surface area contributed by atoms with Crippen LogP contribution in [0, 0.1) is 6.92 Å². The first kappa shape index (κ1) is 14.5. The van der Waals surface area contributed by atoms with Crippen molar-refractivity contribution in [3.8, 4) is 11.4 Å². The molecule has 1 aromatic heterocycles. The van der Waals surface area contributed by atoms with E-state index in [9.17, 15) is 4.79 Å². The Hall–Kier alpha value is -1.86. The molecule has 0 aliphatic carbocycles. The lowest BCUT2D eigenvalue weighted by molar-refractivity contribution is -0.118. The molecule has 0 saturated carbocycles. The Morgan fingerprint density at radius 2 is 2.25 bits per heavy atom. The number of carbonyl (C=O) groups is 1. The van der Waals surface area contributed by atoms with Crippen LogP contribution in [0.3, 0.4) is 0 Å². The molecule has 0 radical (unpaired) electrons. The van der Waals surface area contributed by atoms with Gasteiger partial charge in [-0.2, -0.15) is 0 Å². The molecular weight excluding hydrogens is 274 g/mol. The normalized spacial score (nSPS) is 10.6. The molecule has 6 nitrogen and oxygen atoms in total. The van der Waals surface area contributed by atoms with Crippen molar-refractivity contribution < 1.29 is 4.79 Å². The van der Waals surface area contributed by atoms with Gasteiger partial charge in [0.2, 0.25) is 5.91 Å². The molecule has 0 saturated heterocycles. The van der Waals surface area contributed by atoms with Crippen LogP contribution in [-0.4, -0.2) is 26.4 Å². The van der Waals surface area contributed by atoms with Crippen LogP contribution in [0.2, 0.25) is 0 Å². The minimum atomic E-state index is -0.238. The highest BCUT2D eigenvalue weighted by molar-refractivity contribution is 7.99. The van der Waals surface area contributed by atoms with Gasteiger partial charge in [-0.25, -0.2) is 5.84 Å². The molecular formula is C13H17N5OS. The third kappa shape index (κ3) is 3.17. The lowest BCUT2D eigenvalue weighted by Gasteiger charge is -2.07. The molecule has 20 heavy (non-hydrogen) atoms. The zero-order chi connectivity index (χ0) is 14.5. The summed E-state index contributed by atoms with van der Waals surface area (Å²) in [6.07, 6.45) is 0. The number of amides is 1. The van der Waals surface area contributed by atoms with Gasteiger partial charge in [-0.15, -0.1) is 10.2 Å². The van der Waals surface area contributed by atoms with E-state index in [2.05, 4.69) is 21.7 Å². The van der Waals surface area contributed by atoms with Crippen LogP contribution in [-0.2, 0) is 11.3 Å². The number of aryl methyl sites for hydroxylation is 1. The number of hydrazine groups is 1. The zero-order valence-electron chi connectivity index (χ0n) is 11.5. The minimum absolute atomic E-state index is 0.225. The maximum atomic E-state index is 11.2. The molecule has 0 bridgehead atoms. The zero-order valence-corrected chi connectivity index (χ0v) is 12.3. The van der Waals surface area contributed by atoms with Gasteiger partial charge in [-0.1, -0.05) is 35.5 Å². The molecule has 2 aromatic rings. The fourth-order valence-corrected chi connectivity index (χ4v) is 2.66. The number of benzene rings is 1. The summed E-state index contributed by atoms with van der Waals surface area (Å²) in [5.41, 5.74) is 4.30. The van der Waals surface area contributed by atoms with E-state index in [-0.39, 0.29) is 11.7 Å². The van der Waals surface area contributed by atoms with Crippen molar-refractivity contribution in [1.82, 2.24) is 20.2 Å².